The summed E-state index contributed by atoms with van der Waals surface area (Å²) in [5.74, 6) is 0. The Morgan fingerprint density at radius 3 is 2.27 bits per heavy atom. The zero-order chi connectivity index (χ0) is 18.5. The van der Waals surface area contributed by atoms with Gasteiger partial charge in [0.25, 0.3) is 0 Å². The minimum atomic E-state index is -0.00718. The number of nitrogens with one attached hydrogen (secondary N) is 2. The van der Waals surface area contributed by atoms with E-state index in [-0.39, 0.29) is 6.04 Å². The first-order chi connectivity index (χ1) is 12.5. The van der Waals surface area contributed by atoms with E-state index >= 15 is 0 Å². The monoisotopic (exact) mass is 424 g/mol. The van der Waals surface area contributed by atoms with Crippen LogP contribution < -0.4 is 10.6 Å². The normalized spacial score (nSPS) is 11.7. The zero-order valence-corrected chi connectivity index (χ0v) is 17.2. The number of rotatable bonds is 4. The van der Waals surface area contributed by atoms with E-state index in [1.54, 1.807) is 0 Å². The molecular weight excluding hydrogens is 404 g/mol. The van der Waals surface area contributed by atoms with E-state index in [1.165, 1.54) is 22.3 Å². The fourth-order valence-corrected chi connectivity index (χ4v) is 3.47. The summed E-state index contributed by atoms with van der Waals surface area (Å²) in [6, 6.07) is 24.9. The lowest BCUT2D eigenvalue weighted by atomic mass is 9.94. The summed E-state index contributed by atoms with van der Waals surface area (Å²) in [5.41, 5.74) is 5.87. The molecule has 26 heavy (non-hydrogen) atoms. The van der Waals surface area contributed by atoms with Gasteiger partial charge in [-0.05, 0) is 67.0 Å². The molecule has 0 heterocycles. The summed E-state index contributed by atoms with van der Waals surface area (Å²) < 4.78 is 1.04. The first-order valence-electron chi connectivity index (χ1n) is 8.48. The molecule has 3 aromatic rings. The van der Waals surface area contributed by atoms with Crippen LogP contribution in [0.1, 0.15) is 28.3 Å². The number of hydrogen-bond acceptors (Lipinski definition) is 1. The van der Waals surface area contributed by atoms with Gasteiger partial charge >= 0.3 is 0 Å². The number of benzene rings is 3. The molecule has 0 saturated heterocycles. The van der Waals surface area contributed by atoms with Gasteiger partial charge in [0, 0.05) is 10.2 Å². The third-order valence-corrected chi connectivity index (χ3v) is 5.00. The maximum absolute atomic E-state index is 5.58. The highest BCUT2D eigenvalue weighted by Gasteiger charge is 2.17. The number of hydrogen-bond donors (Lipinski definition) is 2. The van der Waals surface area contributed by atoms with Crippen molar-refractivity contribution in [1.29, 1.82) is 0 Å². The van der Waals surface area contributed by atoms with Crippen LogP contribution in [0.4, 0.5) is 5.69 Å². The summed E-state index contributed by atoms with van der Waals surface area (Å²) >= 11 is 9.03. The molecule has 0 spiro atoms. The second kappa shape index (κ2) is 8.47. The van der Waals surface area contributed by atoms with Crippen molar-refractivity contribution in [2.45, 2.75) is 19.9 Å². The first kappa shape index (κ1) is 18.6. The van der Waals surface area contributed by atoms with Gasteiger partial charge in [0.2, 0.25) is 0 Å². The number of anilines is 1. The fraction of sp³-hybridized carbons (Fsp3) is 0.136. The molecule has 3 aromatic carbocycles. The van der Waals surface area contributed by atoms with Gasteiger partial charge < -0.3 is 10.6 Å². The van der Waals surface area contributed by atoms with E-state index in [0.717, 1.165) is 10.2 Å². The molecule has 2 N–H and O–H groups in total. The SMILES string of the molecule is Cc1ccc(C(NC(=S)Nc2ccc(Br)cc2)c2ccccc2)c(C)c1. The summed E-state index contributed by atoms with van der Waals surface area (Å²) in [6.45, 7) is 4.26. The van der Waals surface area contributed by atoms with E-state index < -0.39 is 0 Å². The first-order valence-corrected chi connectivity index (χ1v) is 9.68. The predicted molar refractivity (Wildman–Crippen MR) is 118 cm³/mol. The number of halogens is 1. The van der Waals surface area contributed by atoms with Crippen LogP contribution in [-0.2, 0) is 0 Å². The summed E-state index contributed by atoms with van der Waals surface area (Å²) in [5, 5.41) is 7.35. The third kappa shape index (κ3) is 4.71. The number of thiocarbonyl (C=S) groups is 1. The third-order valence-electron chi connectivity index (χ3n) is 4.25. The smallest absolute Gasteiger partial charge is 0.171 e. The van der Waals surface area contributed by atoms with Crippen LogP contribution in [0.25, 0.3) is 0 Å². The molecule has 0 amide bonds. The zero-order valence-electron chi connectivity index (χ0n) is 14.8. The summed E-state index contributed by atoms with van der Waals surface area (Å²) in [7, 11) is 0. The maximum Gasteiger partial charge on any atom is 0.171 e. The molecule has 0 aliphatic rings. The van der Waals surface area contributed by atoms with Gasteiger partial charge in [-0.15, -0.1) is 0 Å². The molecule has 132 valence electrons. The highest BCUT2D eigenvalue weighted by molar-refractivity contribution is 9.10. The van der Waals surface area contributed by atoms with Crippen molar-refractivity contribution < 1.29 is 0 Å². The topological polar surface area (TPSA) is 24.1 Å². The Hall–Kier alpha value is -2.17. The highest BCUT2D eigenvalue weighted by atomic mass is 79.9. The van der Waals surface area contributed by atoms with Crippen LogP contribution in [0.15, 0.2) is 77.3 Å². The van der Waals surface area contributed by atoms with Crippen LogP contribution in [0.3, 0.4) is 0 Å². The average Bonchev–Trinajstić information content (AvgIpc) is 2.63. The largest absolute Gasteiger partial charge is 0.352 e. The molecule has 0 aliphatic carbocycles. The van der Waals surface area contributed by atoms with E-state index in [9.17, 15) is 0 Å². The second-order valence-corrected chi connectivity index (χ2v) is 7.63. The lowest BCUT2D eigenvalue weighted by Gasteiger charge is -2.24. The van der Waals surface area contributed by atoms with E-state index in [4.69, 9.17) is 12.2 Å². The van der Waals surface area contributed by atoms with Crippen LogP contribution in [0, 0.1) is 13.8 Å². The summed E-state index contributed by atoms with van der Waals surface area (Å²) in [6.07, 6.45) is 0. The molecule has 4 heteroatoms. The van der Waals surface area contributed by atoms with Crippen molar-refractivity contribution >= 4 is 38.9 Å². The van der Waals surface area contributed by atoms with Crippen molar-refractivity contribution in [2.75, 3.05) is 5.32 Å². The molecule has 1 atom stereocenters. The second-order valence-electron chi connectivity index (χ2n) is 6.31. The van der Waals surface area contributed by atoms with Crippen LogP contribution in [0.5, 0.6) is 0 Å². The van der Waals surface area contributed by atoms with Crippen molar-refractivity contribution in [2.24, 2.45) is 0 Å². The molecule has 0 saturated carbocycles. The van der Waals surface area contributed by atoms with Gasteiger partial charge in [-0.2, -0.15) is 0 Å². The Bertz CT molecular complexity index is 892. The van der Waals surface area contributed by atoms with Gasteiger partial charge in [0.1, 0.15) is 0 Å². The van der Waals surface area contributed by atoms with Gasteiger partial charge in [0.15, 0.2) is 5.11 Å². The molecule has 1 unspecified atom stereocenters. The molecule has 0 bridgehead atoms. The van der Waals surface area contributed by atoms with Crippen molar-refractivity contribution in [1.82, 2.24) is 5.32 Å². The molecular formula is C22H21BrN2S. The van der Waals surface area contributed by atoms with E-state index in [1.807, 2.05) is 30.3 Å². The van der Waals surface area contributed by atoms with Crippen LogP contribution >= 0.6 is 28.1 Å². The Morgan fingerprint density at radius 1 is 0.923 bits per heavy atom. The van der Waals surface area contributed by atoms with E-state index in [0.29, 0.717) is 5.11 Å². The molecule has 0 aromatic heterocycles. The van der Waals surface area contributed by atoms with Gasteiger partial charge in [0.05, 0.1) is 6.04 Å². The van der Waals surface area contributed by atoms with Gasteiger partial charge in [-0.3, -0.25) is 0 Å². The molecule has 0 radical (unpaired) electrons. The standard InChI is InChI=1S/C22H21BrN2S/c1-15-8-13-20(16(2)14-15)21(17-6-4-3-5-7-17)25-22(26)24-19-11-9-18(23)10-12-19/h3-14,21H,1-2H3,(H2,24,25,26). The maximum atomic E-state index is 5.58. The number of aryl methyl sites for hydroxylation is 2. The lowest BCUT2D eigenvalue weighted by molar-refractivity contribution is 0.762. The van der Waals surface area contributed by atoms with Crippen molar-refractivity contribution in [3.8, 4) is 0 Å². The molecule has 0 aliphatic heterocycles. The highest BCUT2D eigenvalue weighted by Crippen LogP contribution is 2.26. The van der Waals surface area contributed by atoms with Crippen LogP contribution in [-0.4, -0.2) is 5.11 Å². The molecule has 2 nitrogen and oxygen atoms in total. The average molecular weight is 425 g/mol. The fourth-order valence-electron chi connectivity index (χ4n) is 2.97. The van der Waals surface area contributed by atoms with Gasteiger partial charge in [-0.25, -0.2) is 0 Å². The minimum absolute atomic E-state index is 0.00718. The van der Waals surface area contributed by atoms with E-state index in [2.05, 4.69) is 82.9 Å². The van der Waals surface area contributed by atoms with Gasteiger partial charge in [-0.1, -0.05) is 70.0 Å². The van der Waals surface area contributed by atoms with Crippen molar-refractivity contribution in [3.05, 3.63) is 99.5 Å². The summed E-state index contributed by atoms with van der Waals surface area (Å²) in [4.78, 5) is 0. The molecule has 0 fully saturated rings. The van der Waals surface area contributed by atoms with Crippen molar-refractivity contribution in [3.63, 3.8) is 0 Å². The Kier molecular flexibility index (Phi) is 6.07. The quantitative estimate of drug-likeness (QED) is 0.491. The minimum Gasteiger partial charge on any atom is -0.352 e. The molecule has 3 rings (SSSR count). The lowest BCUT2D eigenvalue weighted by Crippen LogP contribution is -2.33. The Balaban J connectivity index is 1.86. The Morgan fingerprint density at radius 2 is 1.62 bits per heavy atom. The Labute approximate surface area is 168 Å². The predicted octanol–water partition coefficient (Wildman–Crippen LogP) is 6.14. The van der Waals surface area contributed by atoms with Crippen LogP contribution in [0.2, 0.25) is 0 Å².